The molecule has 0 aliphatic carbocycles. The number of anilines is 2. The fourth-order valence-corrected chi connectivity index (χ4v) is 6.18. The van der Waals surface area contributed by atoms with Crippen molar-refractivity contribution in [2.24, 2.45) is 19.1 Å². The number of aliphatic imine (C=N–C) groups is 1. The van der Waals surface area contributed by atoms with Crippen LogP contribution in [0.4, 0.5) is 16.3 Å². The molecule has 224 valence electrons. The molecule has 0 unspecified atom stereocenters. The average Bonchev–Trinajstić information content (AvgIpc) is 3.34. The number of carbonyl (C=O) groups excluding carboxylic acids is 1. The van der Waals surface area contributed by atoms with Crippen LogP contribution in [0.5, 0.6) is 17.4 Å². The van der Waals surface area contributed by atoms with Crippen molar-refractivity contribution in [1.29, 1.82) is 0 Å². The molecule has 1 saturated heterocycles. The molecule has 0 spiro atoms. The minimum absolute atomic E-state index is 0.0227. The third-order valence-electron chi connectivity index (χ3n) is 8.46. The number of H-pyrrole nitrogens is 1. The normalized spacial score (nSPS) is 16.0. The molecule has 4 aromatic rings. The number of amides is 2. The summed E-state index contributed by atoms with van der Waals surface area (Å²) in [5.41, 5.74) is 4.92. The van der Waals surface area contributed by atoms with Gasteiger partial charge in [-0.2, -0.15) is 9.13 Å². The lowest BCUT2D eigenvalue weighted by atomic mass is 10.0. The highest BCUT2D eigenvalue weighted by atomic mass is 16.5. The topological polar surface area (TPSA) is 103 Å². The lowest BCUT2D eigenvalue weighted by Gasteiger charge is -2.34. The SMILES string of the molecule is CN=CCc1nc2c(C)cc(Oc3cc(N4CCC(N5CCc6cc(OC)ccc6NC5=O)CC4)[n+](C)c[n+]3C)cc2[nH]1. The Bertz CT molecular complexity index is 1690. The molecule has 2 aliphatic rings. The summed E-state index contributed by atoms with van der Waals surface area (Å²) in [5, 5.41) is 3.12. The van der Waals surface area contributed by atoms with Crippen LogP contribution in [-0.2, 0) is 26.9 Å². The molecule has 2 N–H and O–H groups in total. The van der Waals surface area contributed by atoms with Crippen molar-refractivity contribution in [1.82, 2.24) is 14.9 Å². The number of methoxy groups -OCH3 is 1. The quantitative estimate of drug-likeness (QED) is 0.255. The predicted octanol–water partition coefficient (Wildman–Crippen LogP) is 3.62. The monoisotopic (exact) mass is 584 g/mol. The number of benzene rings is 2. The van der Waals surface area contributed by atoms with Crippen LogP contribution in [0.15, 0.2) is 47.7 Å². The van der Waals surface area contributed by atoms with E-state index < -0.39 is 0 Å². The second-order valence-electron chi connectivity index (χ2n) is 11.4. The Labute approximate surface area is 251 Å². The molecule has 0 saturated carbocycles. The maximum atomic E-state index is 13.2. The number of aryl methyl sites for hydroxylation is 3. The zero-order valence-electron chi connectivity index (χ0n) is 25.6. The Morgan fingerprint density at radius 1 is 1.09 bits per heavy atom. The second-order valence-corrected chi connectivity index (χ2v) is 11.4. The molecular weight excluding hydrogens is 544 g/mol. The van der Waals surface area contributed by atoms with Gasteiger partial charge < -0.3 is 29.7 Å². The lowest BCUT2D eigenvalue weighted by molar-refractivity contribution is -0.800. The molecule has 43 heavy (non-hydrogen) atoms. The third kappa shape index (κ3) is 5.84. The summed E-state index contributed by atoms with van der Waals surface area (Å²) in [6, 6.07) is 12.1. The lowest BCUT2D eigenvalue weighted by Crippen LogP contribution is -2.52. The number of aromatic nitrogens is 4. The summed E-state index contributed by atoms with van der Waals surface area (Å²) in [4.78, 5) is 29.7. The number of urea groups is 1. The molecule has 2 aromatic carbocycles. The highest BCUT2D eigenvalue weighted by Gasteiger charge is 2.35. The summed E-state index contributed by atoms with van der Waals surface area (Å²) in [6.07, 6.45) is 7.13. The van der Waals surface area contributed by atoms with E-state index in [2.05, 4.69) is 44.8 Å². The molecule has 4 heterocycles. The number of hydrogen-bond acceptors (Lipinski definition) is 6. The van der Waals surface area contributed by atoms with Gasteiger partial charge in [-0.25, -0.2) is 14.7 Å². The number of piperidine rings is 1. The van der Waals surface area contributed by atoms with Gasteiger partial charge in [0.05, 0.1) is 18.1 Å². The van der Waals surface area contributed by atoms with Gasteiger partial charge >= 0.3 is 24.1 Å². The summed E-state index contributed by atoms with van der Waals surface area (Å²) in [5.74, 6) is 4.26. The fraction of sp³-hybridized carbons (Fsp3) is 0.406. The number of imidazole rings is 1. The smallest absolute Gasteiger partial charge is 0.343 e. The fourth-order valence-electron chi connectivity index (χ4n) is 6.18. The van der Waals surface area contributed by atoms with Crippen molar-refractivity contribution < 1.29 is 23.4 Å². The van der Waals surface area contributed by atoms with Crippen molar-refractivity contribution in [3.63, 3.8) is 0 Å². The number of carbonyl (C=O) groups is 1. The Morgan fingerprint density at radius 2 is 1.91 bits per heavy atom. The number of nitrogens with one attached hydrogen (secondary N) is 2. The van der Waals surface area contributed by atoms with Crippen LogP contribution in [0.25, 0.3) is 11.0 Å². The first-order valence-electron chi connectivity index (χ1n) is 14.8. The van der Waals surface area contributed by atoms with Gasteiger partial charge in [-0.05, 0) is 48.7 Å². The van der Waals surface area contributed by atoms with E-state index >= 15 is 0 Å². The standard InChI is InChI=1S/C32H39N8O3/c1-21-16-25(18-27-31(21)36-28(34-27)8-12-33-2)43-30-19-29(37(3)20-38(30)4)39-13-10-23(11-14-39)40-15-9-22-17-24(42-5)6-7-26(22)35-32(40)41/h6-7,12,16-20,23H,8-11,13-15H2,1-5H3,(H-,34,35,36,41)/q+1/p+1. The number of nitrogens with zero attached hydrogens (tertiary/aromatic N) is 6. The molecular formula is C32H40N8O3+2. The van der Waals surface area contributed by atoms with Crippen molar-refractivity contribution in [2.75, 3.05) is 44.0 Å². The highest BCUT2D eigenvalue weighted by molar-refractivity contribution is 5.91. The van der Waals surface area contributed by atoms with Crippen LogP contribution in [0.3, 0.4) is 0 Å². The predicted molar refractivity (Wildman–Crippen MR) is 165 cm³/mol. The van der Waals surface area contributed by atoms with Gasteiger partial charge in [0.1, 0.15) is 50.6 Å². The molecule has 2 aromatic heterocycles. The largest absolute Gasteiger partial charge is 0.497 e. The van der Waals surface area contributed by atoms with E-state index in [9.17, 15) is 4.79 Å². The number of aromatic amines is 1. The van der Waals surface area contributed by atoms with E-state index in [1.165, 1.54) is 0 Å². The van der Waals surface area contributed by atoms with Crippen molar-refractivity contribution in [2.45, 2.75) is 38.6 Å². The first-order chi connectivity index (χ1) is 20.8. The summed E-state index contributed by atoms with van der Waals surface area (Å²) < 4.78 is 15.9. The van der Waals surface area contributed by atoms with Gasteiger partial charge in [-0.15, -0.1) is 0 Å². The van der Waals surface area contributed by atoms with E-state index in [0.29, 0.717) is 13.0 Å². The van der Waals surface area contributed by atoms with Gasteiger partial charge in [-0.3, -0.25) is 0 Å². The molecule has 11 heteroatoms. The minimum atomic E-state index is -0.0227. The van der Waals surface area contributed by atoms with E-state index in [1.54, 1.807) is 14.2 Å². The number of ether oxygens (including phenoxy) is 2. The van der Waals surface area contributed by atoms with E-state index in [0.717, 1.165) is 89.2 Å². The zero-order valence-corrected chi connectivity index (χ0v) is 25.6. The molecule has 0 atom stereocenters. The van der Waals surface area contributed by atoms with Crippen molar-refractivity contribution in [3.8, 4) is 17.4 Å². The van der Waals surface area contributed by atoms with Crippen LogP contribution in [0.2, 0.25) is 0 Å². The average molecular weight is 585 g/mol. The van der Waals surface area contributed by atoms with Gasteiger partial charge in [0, 0.05) is 56.9 Å². The number of fused-ring (bicyclic) bond motifs is 2. The highest BCUT2D eigenvalue weighted by Crippen LogP contribution is 2.30. The van der Waals surface area contributed by atoms with E-state index in [1.807, 2.05) is 59.4 Å². The van der Waals surface area contributed by atoms with E-state index in [4.69, 9.17) is 14.5 Å². The maximum absolute atomic E-state index is 13.2. The third-order valence-corrected chi connectivity index (χ3v) is 8.46. The molecule has 1 fully saturated rings. The summed E-state index contributed by atoms with van der Waals surface area (Å²) in [7, 11) is 7.48. The number of hydrogen-bond donors (Lipinski definition) is 2. The van der Waals surface area contributed by atoms with Crippen molar-refractivity contribution in [3.05, 3.63) is 59.7 Å². The summed E-state index contributed by atoms with van der Waals surface area (Å²) >= 11 is 0. The van der Waals surface area contributed by atoms with Crippen LogP contribution in [-0.4, -0.2) is 66.9 Å². The van der Waals surface area contributed by atoms with Crippen LogP contribution < -0.4 is 28.8 Å². The summed E-state index contributed by atoms with van der Waals surface area (Å²) in [6.45, 7) is 4.43. The minimum Gasteiger partial charge on any atom is -0.497 e. The first kappa shape index (κ1) is 28.4. The Morgan fingerprint density at radius 3 is 2.67 bits per heavy atom. The Balaban J connectivity index is 1.15. The molecule has 0 radical (unpaired) electrons. The van der Waals surface area contributed by atoms with E-state index in [-0.39, 0.29) is 12.1 Å². The van der Waals surface area contributed by atoms with Gasteiger partial charge in [0.25, 0.3) is 0 Å². The van der Waals surface area contributed by atoms with Crippen LogP contribution >= 0.6 is 0 Å². The molecule has 11 nitrogen and oxygen atoms in total. The molecule has 2 aliphatic heterocycles. The van der Waals surface area contributed by atoms with Gasteiger partial charge in [-0.1, -0.05) is 0 Å². The second kappa shape index (κ2) is 11.9. The molecule has 0 bridgehead atoms. The van der Waals surface area contributed by atoms with Crippen LogP contribution in [0, 0.1) is 6.92 Å². The van der Waals surface area contributed by atoms with Gasteiger partial charge in [0.2, 0.25) is 0 Å². The first-order valence-corrected chi connectivity index (χ1v) is 14.8. The number of rotatable bonds is 7. The zero-order chi connectivity index (χ0) is 30.1. The Kier molecular flexibility index (Phi) is 7.88. The molecule has 6 rings (SSSR count). The van der Waals surface area contributed by atoms with Crippen LogP contribution in [0.1, 0.15) is 29.8 Å². The Hall–Kier alpha value is -4.67. The van der Waals surface area contributed by atoms with Gasteiger partial charge in [0.15, 0.2) is 0 Å². The maximum Gasteiger partial charge on any atom is 0.343 e. The molecule has 2 amide bonds. The van der Waals surface area contributed by atoms with Crippen molar-refractivity contribution >= 4 is 34.8 Å².